The molecule has 0 saturated carbocycles. The molecule has 4 heterocycles. The quantitative estimate of drug-likeness (QED) is 0.798. The summed E-state index contributed by atoms with van der Waals surface area (Å²) in [5, 5.41) is 5.54. The van der Waals surface area contributed by atoms with Crippen LogP contribution in [0.25, 0.3) is 0 Å². The molecular weight excluding hydrogens is 356 g/mol. The zero-order chi connectivity index (χ0) is 19.5. The average molecular weight is 376 g/mol. The van der Waals surface area contributed by atoms with Gasteiger partial charge in [-0.05, 0) is 37.6 Å². The summed E-state index contributed by atoms with van der Waals surface area (Å²) in [5.41, 5.74) is 1.12. The summed E-state index contributed by atoms with van der Waals surface area (Å²) < 4.78 is 0. The van der Waals surface area contributed by atoms with Crippen molar-refractivity contribution in [3.63, 3.8) is 0 Å². The predicted molar refractivity (Wildman–Crippen MR) is 106 cm³/mol. The minimum absolute atomic E-state index is 0.00739. The van der Waals surface area contributed by atoms with Gasteiger partial charge in [-0.2, -0.15) is 0 Å². The molecule has 0 aromatic carbocycles. The number of fused-ring (bicyclic) bond motifs is 4. The number of carbonyl (C=O) groups excluding carboxylic acids is 2. The van der Waals surface area contributed by atoms with Crippen molar-refractivity contribution in [3.05, 3.63) is 42.2 Å². The third-order valence-corrected chi connectivity index (χ3v) is 4.82. The third kappa shape index (κ3) is 3.34. The predicted octanol–water partition coefficient (Wildman–Crippen LogP) is 1.86. The van der Waals surface area contributed by atoms with Crippen molar-refractivity contribution >= 4 is 29.3 Å². The molecule has 2 aliphatic heterocycles. The molecule has 0 radical (unpaired) electrons. The summed E-state index contributed by atoms with van der Waals surface area (Å²) in [5.74, 6) is 6.17. The number of amides is 3. The summed E-state index contributed by atoms with van der Waals surface area (Å²) in [6, 6.07) is 8.57. The average Bonchev–Trinajstić information content (AvgIpc) is 3.13. The summed E-state index contributed by atoms with van der Waals surface area (Å²) in [6.45, 7) is 3.57. The van der Waals surface area contributed by atoms with Crippen LogP contribution in [0.2, 0.25) is 0 Å². The summed E-state index contributed by atoms with van der Waals surface area (Å²) >= 11 is 0. The summed E-state index contributed by atoms with van der Waals surface area (Å²) in [6.07, 6.45) is 2.47. The fraction of sp³-hybridized carbons (Fsp3) is 0.300. The van der Waals surface area contributed by atoms with Crippen molar-refractivity contribution in [2.75, 3.05) is 34.8 Å². The number of nitrogens with one attached hydrogen (secondary N) is 2. The molecule has 2 bridgehead atoms. The Hall–Kier alpha value is -3.60. The Bertz CT molecular complexity index is 966. The molecule has 1 fully saturated rings. The van der Waals surface area contributed by atoms with E-state index < -0.39 is 0 Å². The normalized spacial score (nSPS) is 16.7. The number of aromatic nitrogens is 2. The number of hydrogen-bond acceptors (Lipinski definition) is 5. The molecule has 2 N–H and O–H groups in total. The number of nitrogens with zero attached hydrogens (tertiary/aromatic N) is 4. The van der Waals surface area contributed by atoms with Crippen molar-refractivity contribution in [1.82, 2.24) is 15.3 Å². The van der Waals surface area contributed by atoms with E-state index in [0.717, 1.165) is 25.2 Å². The van der Waals surface area contributed by atoms with Gasteiger partial charge >= 0.3 is 6.03 Å². The lowest BCUT2D eigenvalue weighted by Crippen LogP contribution is -2.48. The van der Waals surface area contributed by atoms with Gasteiger partial charge in [-0.3, -0.25) is 15.0 Å². The van der Waals surface area contributed by atoms with E-state index >= 15 is 0 Å². The summed E-state index contributed by atoms with van der Waals surface area (Å²) in [4.78, 5) is 37.9. The van der Waals surface area contributed by atoms with E-state index in [-0.39, 0.29) is 30.2 Å². The first kappa shape index (κ1) is 17.8. The van der Waals surface area contributed by atoms with E-state index in [4.69, 9.17) is 0 Å². The Morgan fingerprint density at radius 3 is 2.96 bits per heavy atom. The highest BCUT2D eigenvalue weighted by molar-refractivity contribution is 6.05. The Morgan fingerprint density at radius 1 is 1.29 bits per heavy atom. The first-order chi connectivity index (χ1) is 13.7. The van der Waals surface area contributed by atoms with Crippen molar-refractivity contribution in [2.45, 2.75) is 19.4 Å². The molecule has 28 heavy (non-hydrogen) atoms. The lowest BCUT2D eigenvalue weighted by atomic mass is 10.1. The fourth-order valence-electron chi connectivity index (χ4n) is 3.51. The maximum Gasteiger partial charge on any atom is 0.329 e. The first-order valence-electron chi connectivity index (χ1n) is 9.12. The van der Waals surface area contributed by atoms with Gasteiger partial charge in [0.15, 0.2) is 5.82 Å². The van der Waals surface area contributed by atoms with Crippen LogP contribution in [0, 0.1) is 11.8 Å². The zero-order valence-electron chi connectivity index (χ0n) is 15.5. The van der Waals surface area contributed by atoms with E-state index in [9.17, 15) is 9.59 Å². The lowest BCUT2D eigenvalue weighted by molar-refractivity contribution is 0.0953. The standard InChI is InChI=1S/C20H20N6O2/c1-2-3-10-22-19(27)15-7-8-16-18(23-15)26(14-9-12-25(16)13-14)20(28)24-17-6-4-5-11-21-17/h4-8,11,14H,9-10,12-13H2,1H3,(H,22,27)(H,21,24,28). The van der Waals surface area contributed by atoms with Gasteiger partial charge in [0.25, 0.3) is 5.91 Å². The number of anilines is 3. The highest BCUT2D eigenvalue weighted by atomic mass is 16.2. The van der Waals surface area contributed by atoms with Crippen molar-refractivity contribution in [2.24, 2.45) is 0 Å². The highest BCUT2D eigenvalue weighted by Crippen LogP contribution is 2.39. The van der Waals surface area contributed by atoms with Crippen LogP contribution >= 0.6 is 0 Å². The number of urea groups is 1. The van der Waals surface area contributed by atoms with Gasteiger partial charge in [0.05, 0.1) is 18.3 Å². The molecule has 8 heteroatoms. The zero-order valence-corrected chi connectivity index (χ0v) is 15.5. The molecule has 142 valence electrons. The largest absolute Gasteiger partial charge is 0.366 e. The SMILES string of the molecule is CC#CCNC(=O)c1ccc2c(n1)N(C(=O)Nc1ccccn1)C1CCN2C1. The van der Waals surface area contributed by atoms with Gasteiger partial charge in [0.1, 0.15) is 11.5 Å². The smallest absolute Gasteiger partial charge is 0.329 e. The topological polar surface area (TPSA) is 90.5 Å². The van der Waals surface area contributed by atoms with Gasteiger partial charge in [-0.15, -0.1) is 5.92 Å². The highest BCUT2D eigenvalue weighted by Gasteiger charge is 2.40. The van der Waals surface area contributed by atoms with Crippen LogP contribution in [-0.4, -0.2) is 47.6 Å². The number of carbonyl (C=O) groups is 2. The van der Waals surface area contributed by atoms with E-state index in [2.05, 4.69) is 37.3 Å². The van der Waals surface area contributed by atoms with Crippen LogP contribution in [0.1, 0.15) is 23.8 Å². The van der Waals surface area contributed by atoms with Crippen LogP contribution < -0.4 is 20.4 Å². The minimum atomic E-state index is -0.316. The number of hydrogen-bond donors (Lipinski definition) is 2. The first-order valence-corrected chi connectivity index (χ1v) is 9.12. The Kier molecular flexibility index (Phi) is 4.81. The van der Waals surface area contributed by atoms with E-state index in [1.807, 2.05) is 12.1 Å². The second-order valence-corrected chi connectivity index (χ2v) is 6.55. The molecular formula is C20H20N6O2. The molecule has 1 atom stereocenters. The molecule has 2 aromatic heterocycles. The molecule has 1 saturated heterocycles. The van der Waals surface area contributed by atoms with Crippen LogP contribution in [0.4, 0.5) is 22.1 Å². The molecule has 1 unspecified atom stereocenters. The van der Waals surface area contributed by atoms with Crippen LogP contribution in [0.5, 0.6) is 0 Å². The Balaban J connectivity index is 1.63. The Labute approximate surface area is 163 Å². The lowest BCUT2D eigenvalue weighted by Gasteiger charge is -2.35. The fourth-order valence-corrected chi connectivity index (χ4v) is 3.51. The van der Waals surface area contributed by atoms with E-state index in [1.165, 1.54) is 0 Å². The second kappa shape index (κ2) is 7.56. The van der Waals surface area contributed by atoms with Gasteiger partial charge < -0.3 is 10.2 Å². The molecule has 0 aliphatic carbocycles. The molecule has 0 spiro atoms. The molecule has 2 aromatic rings. The Morgan fingerprint density at radius 2 is 2.18 bits per heavy atom. The maximum atomic E-state index is 13.0. The van der Waals surface area contributed by atoms with Gasteiger partial charge in [0, 0.05) is 19.3 Å². The monoisotopic (exact) mass is 376 g/mol. The number of pyridine rings is 2. The van der Waals surface area contributed by atoms with Gasteiger partial charge in [-0.1, -0.05) is 12.0 Å². The van der Waals surface area contributed by atoms with Crippen molar-refractivity contribution in [1.29, 1.82) is 0 Å². The van der Waals surface area contributed by atoms with Gasteiger partial charge in [-0.25, -0.2) is 14.8 Å². The maximum absolute atomic E-state index is 13.0. The van der Waals surface area contributed by atoms with E-state index in [1.54, 1.807) is 36.2 Å². The molecule has 4 rings (SSSR count). The van der Waals surface area contributed by atoms with E-state index in [0.29, 0.717) is 11.6 Å². The molecule has 8 nitrogen and oxygen atoms in total. The third-order valence-electron chi connectivity index (χ3n) is 4.82. The van der Waals surface area contributed by atoms with Crippen molar-refractivity contribution < 1.29 is 9.59 Å². The van der Waals surface area contributed by atoms with Crippen LogP contribution in [-0.2, 0) is 0 Å². The van der Waals surface area contributed by atoms with Crippen LogP contribution in [0.15, 0.2) is 36.5 Å². The molecule has 2 aliphatic rings. The van der Waals surface area contributed by atoms with Gasteiger partial charge in [0.2, 0.25) is 0 Å². The second-order valence-electron chi connectivity index (χ2n) is 6.55. The van der Waals surface area contributed by atoms with Crippen molar-refractivity contribution in [3.8, 4) is 11.8 Å². The minimum Gasteiger partial charge on any atom is -0.366 e. The molecule has 3 amide bonds. The summed E-state index contributed by atoms with van der Waals surface area (Å²) in [7, 11) is 0. The van der Waals surface area contributed by atoms with Crippen LogP contribution in [0.3, 0.4) is 0 Å². The number of rotatable bonds is 3.